The average molecular weight is 494 g/mol. The lowest BCUT2D eigenvalue weighted by Gasteiger charge is -2.38. The molecule has 1 aromatic heterocycles. The Morgan fingerprint density at radius 3 is 2.62 bits per heavy atom. The van der Waals surface area contributed by atoms with E-state index in [4.69, 9.17) is 31.9 Å². The summed E-state index contributed by atoms with van der Waals surface area (Å²) in [4.78, 5) is 29.4. The summed E-state index contributed by atoms with van der Waals surface area (Å²) >= 11 is 5.99. The van der Waals surface area contributed by atoms with Gasteiger partial charge in [0, 0.05) is 31.7 Å². The number of hydrogen-bond donors (Lipinski definition) is 1. The lowest BCUT2D eigenvalue weighted by atomic mass is 10.0. The van der Waals surface area contributed by atoms with Crippen LogP contribution in [0.3, 0.4) is 0 Å². The fourth-order valence-electron chi connectivity index (χ4n) is 4.29. The van der Waals surface area contributed by atoms with Crippen molar-refractivity contribution in [2.24, 2.45) is 5.73 Å². The van der Waals surface area contributed by atoms with Crippen molar-refractivity contribution in [2.45, 2.75) is 39.0 Å². The molecule has 2 aliphatic heterocycles. The van der Waals surface area contributed by atoms with Crippen LogP contribution in [0.25, 0.3) is 11.3 Å². The zero-order valence-electron chi connectivity index (χ0n) is 19.5. The molecule has 1 saturated heterocycles. The Kier molecular flexibility index (Phi) is 6.84. The Balaban J connectivity index is 1.77. The molecule has 1 fully saturated rings. The fourth-order valence-corrected chi connectivity index (χ4v) is 4.47. The molecular formula is C23H29ClFN5O4. The number of nitrogens with two attached hydrogens (primary N) is 1. The highest BCUT2D eigenvalue weighted by molar-refractivity contribution is 6.31. The maximum atomic E-state index is 13.8. The molecule has 11 heteroatoms. The third-order valence-electron chi connectivity index (χ3n) is 5.79. The number of aromatic nitrogens is 2. The number of halogens is 2. The molecule has 9 nitrogen and oxygen atoms in total. The summed E-state index contributed by atoms with van der Waals surface area (Å²) < 4.78 is 26.6. The van der Waals surface area contributed by atoms with Crippen molar-refractivity contribution >= 4 is 23.6 Å². The predicted octanol–water partition coefficient (Wildman–Crippen LogP) is 3.07. The first-order chi connectivity index (χ1) is 16.0. The van der Waals surface area contributed by atoms with Crippen LogP contribution in [0.15, 0.2) is 18.2 Å². The van der Waals surface area contributed by atoms with E-state index in [1.807, 2.05) is 0 Å². The van der Waals surface area contributed by atoms with E-state index >= 15 is 0 Å². The van der Waals surface area contributed by atoms with Gasteiger partial charge in [0.05, 0.1) is 42.1 Å². The molecule has 1 unspecified atom stereocenters. The standard InChI is InChI=1S/C23H29ClFN5O4/c1-23(2,3)34-22(32)29-12-15(11-28-6-8-33-9-7-28)30-18(13-29)19(21(26)31)20(27-30)14-4-5-17(25)16(24)10-14/h4-5,10,15H,6-9,11-13H2,1-3H3,(H2,26,31). The summed E-state index contributed by atoms with van der Waals surface area (Å²) in [7, 11) is 0. The van der Waals surface area contributed by atoms with Crippen molar-refractivity contribution in [3.63, 3.8) is 0 Å². The molecule has 0 radical (unpaired) electrons. The van der Waals surface area contributed by atoms with Crippen molar-refractivity contribution in [2.75, 3.05) is 39.4 Å². The quantitative estimate of drug-likeness (QED) is 0.702. The van der Waals surface area contributed by atoms with Crippen LogP contribution in [0.1, 0.15) is 42.9 Å². The summed E-state index contributed by atoms with van der Waals surface area (Å²) in [6.45, 7) is 9.21. The zero-order valence-corrected chi connectivity index (χ0v) is 20.3. The fraction of sp³-hybridized carbons (Fsp3) is 0.522. The van der Waals surface area contributed by atoms with Crippen molar-refractivity contribution in [3.05, 3.63) is 40.3 Å². The lowest BCUT2D eigenvalue weighted by Crippen LogP contribution is -2.48. The number of benzene rings is 1. The minimum absolute atomic E-state index is 0.0841. The van der Waals surface area contributed by atoms with E-state index in [9.17, 15) is 14.0 Å². The SMILES string of the molecule is CC(C)(C)OC(=O)N1Cc2c(C(N)=O)c(-c3ccc(F)c(Cl)c3)nn2C(CN2CCOCC2)C1. The molecule has 0 aliphatic carbocycles. The molecule has 1 aromatic carbocycles. The van der Waals surface area contributed by atoms with E-state index in [0.717, 1.165) is 13.1 Å². The Hall–Kier alpha value is -2.69. The number of primary amides is 1. The van der Waals surface area contributed by atoms with Crippen molar-refractivity contribution < 1.29 is 23.5 Å². The first-order valence-electron chi connectivity index (χ1n) is 11.2. The third kappa shape index (κ3) is 5.18. The number of ether oxygens (including phenoxy) is 2. The number of amides is 2. The van der Waals surface area contributed by atoms with Gasteiger partial charge in [-0.2, -0.15) is 5.10 Å². The second-order valence-electron chi connectivity index (χ2n) is 9.54. The monoisotopic (exact) mass is 493 g/mol. The van der Waals surface area contributed by atoms with Gasteiger partial charge < -0.3 is 20.1 Å². The predicted molar refractivity (Wildman–Crippen MR) is 124 cm³/mol. The second-order valence-corrected chi connectivity index (χ2v) is 9.94. The van der Waals surface area contributed by atoms with Gasteiger partial charge in [-0.15, -0.1) is 0 Å². The first kappa shape index (κ1) is 24.4. The molecule has 2 aliphatic rings. The van der Waals surface area contributed by atoms with E-state index in [1.54, 1.807) is 30.4 Å². The Morgan fingerprint density at radius 2 is 2.00 bits per heavy atom. The Labute approximate surface area is 202 Å². The minimum Gasteiger partial charge on any atom is -0.444 e. The van der Waals surface area contributed by atoms with Gasteiger partial charge in [0.1, 0.15) is 17.1 Å². The summed E-state index contributed by atoms with van der Waals surface area (Å²) in [5.41, 5.74) is 6.58. The zero-order chi connectivity index (χ0) is 24.6. The van der Waals surface area contributed by atoms with Crippen LogP contribution >= 0.6 is 11.6 Å². The molecular weight excluding hydrogens is 465 g/mol. The average Bonchev–Trinajstić information content (AvgIpc) is 3.15. The van der Waals surface area contributed by atoms with Crippen molar-refractivity contribution in [1.82, 2.24) is 19.6 Å². The van der Waals surface area contributed by atoms with Gasteiger partial charge in [0.25, 0.3) is 5.91 Å². The molecule has 0 saturated carbocycles. The Morgan fingerprint density at radius 1 is 1.29 bits per heavy atom. The van der Waals surface area contributed by atoms with Crippen LogP contribution in [-0.2, 0) is 16.0 Å². The smallest absolute Gasteiger partial charge is 0.410 e. The summed E-state index contributed by atoms with van der Waals surface area (Å²) in [6.07, 6.45) is -0.478. The molecule has 0 bridgehead atoms. The molecule has 4 rings (SSSR count). The van der Waals surface area contributed by atoms with Crippen LogP contribution in [0.2, 0.25) is 5.02 Å². The van der Waals surface area contributed by atoms with Gasteiger partial charge in [0.15, 0.2) is 0 Å². The largest absolute Gasteiger partial charge is 0.444 e. The van der Waals surface area contributed by atoms with Crippen LogP contribution in [0, 0.1) is 5.82 Å². The number of rotatable bonds is 4. The third-order valence-corrected chi connectivity index (χ3v) is 6.08. The van der Waals surface area contributed by atoms with Crippen LogP contribution in [0.5, 0.6) is 0 Å². The molecule has 34 heavy (non-hydrogen) atoms. The van der Waals surface area contributed by atoms with Gasteiger partial charge >= 0.3 is 6.09 Å². The molecule has 2 amide bonds. The van der Waals surface area contributed by atoms with E-state index < -0.39 is 23.4 Å². The first-order valence-corrected chi connectivity index (χ1v) is 11.6. The highest BCUT2D eigenvalue weighted by atomic mass is 35.5. The molecule has 2 N–H and O–H groups in total. The molecule has 3 heterocycles. The number of carbonyl (C=O) groups is 2. The van der Waals surface area contributed by atoms with Crippen LogP contribution in [0.4, 0.5) is 9.18 Å². The van der Waals surface area contributed by atoms with E-state index in [-0.39, 0.29) is 23.2 Å². The number of morpholine rings is 1. The minimum atomic E-state index is -0.687. The van der Waals surface area contributed by atoms with Gasteiger partial charge in [-0.3, -0.25) is 14.4 Å². The molecule has 2 aromatic rings. The molecule has 184 valence electrons. The van der Waals surface area contributed by atoms with Gasteiger partial charge in [-0.05, 0) is 39.0 Å². The van der Waals surface area contributed by atoms with E-state index in [1.165, 1.54) is 18.2 Å². The number of hydrogen-bond acceptors (Lipinski definition) is 6. The normalized spacial score (nSPS) is 19.1. The molecule has 1 atom stereocenters. The van der Waals surface area contributed by atoms with Crippen LogP contribution < -0.4 is 5.73 Å². The summed E-state index contributed by atoms with van der Waals surface area (Å²) in [5, 5.41) is 4.64. The summed E-state index contributed by atoms with van der Waals surface area (Å²) in [6, 6.07) is 3.89. The highest BCUT2D eigenvalue weighted by Crippen LogP contribution is 2.34. The molecule has 0 spiro atoms. The maximum absolute atomic E-state index is 13.8. The second kappa shape index (κ2) is 9.52. The van der Waals surface area contributed by atoms with Crippen molar-refractivity contribution in [1.29, 1.82) is 0 Å². The number of carbonyl (C=O) groups excluding carboxylic acids is 2. The van der Waals surface area contributed by atoms with Gasteiger partial charge in [-0.25, -0.2) is 9.18 Å². The van der Waals surface area contributed by atoms with E-state index in [2.05, 4.69) is 4.90 Å². The number of nitrogens with zero attached hydrogens (tertiary/aromatic N) is 4. The lowest BCUT2D eigenvalue weighted by molar-refractivity contribution is 0.00566. The topological polar surface area (TPSA) is 103 Å². The van der Waals surface area contributed by atoms with Gasteiger partial charge in [0.2, 0.25) is 0 Å². The van der Waals surface area contributed by atoms with Crippen LogP contribution in [-0.4, -0.2) is 76.6 Å². The number of fused-ring (bicyclic) bond motifs is 1. The summed E-state index contributed by atoms with van der Waals surface area (Å²) in [5.74, 6) is -1.26. The van der Waals surface area contributed by atoms with Crippen molar-refractivity contribution in [3.8, 4) is 11.3 Å². The highest BCUT2D eigenvalue weighted by Gasteiger charge is 2.37. The van der Waals surface area contributed by atoms with Gasteiger partial charge in [-0.1, -0.05) is 11.6 Å². The Bertz CT molecular complexity index is 1090. The maximum Gasteiger partial charge on any atom is 0.410 e. The van der Waals surface area contributed by atoms with E-state index in [0.29, 0.717) is 43.3 Å².